The van der Waals surface area contributed by atoms with Crippen molar-refractivity contribution >= 4 is 29.5 Å². The molecule has 6 atom stereocenters. The Morgan fingerprint density at radius 3 is 2.57 bits per heavy atom. The summed E-state index contributed by atoms with van der Waals surface area (Å²) in [6.45, 7) is 11.6. The van der Waals surface area contributed by atoms with Crippen LogP contribution in [0, 0.1) is 17.8 Å². The first kappa shape index (κ1) is 23.4. The van der Waals surface area contributed by atoms with Crippen molar-refractivity contribution in [3.63, 3.8) is 0 Å². The van der Waals surface area contributed by atoms with Crippen LogP contribution < -0.4 is 5.32 Å². The Hall–Kier alpha value is -1.28. The van der Waals surface area contributed by atoms with E-state index in [4.69, 9.17) is 4.74 Å². The van der Waals surface area contributed by atoms with Gasteiger partial charge in [-0.3, -0.25) is 14.4 Å². The number of hydrogen-bond acceptors (Lipinski definition) is 6. The first-order valence-corrected chi connectivity index (χ1v) is 11.9. The van der Waals surface area contributed by atoms with E-state index >= 15 is 0 Å². The molecule has 2 amide bonds. The van der Waals surface area contributed by atoms with Gasteiger partial charge in [-0.15, -0.1) is 11.8 Å². The Morgan fingerprint density at radius 1 is 1.37 bits per heavy atom. The SMILES string of the molecule is CCOC(=O)[C@@H]1[C@@H]2CCC3(S2)C(C(=O)NC(C)(C)C)N([C@@H](CO)CC(C)C)C(=O)[C@H]13. The Kier molecular flexibility index (Phi) is 6.50. The second-order valence-electron chi connectivity index (χ2n) is 10.3. The third kappa shape index (κ3) is 3.85. The molecule has 7 nitrogen and oxygen atoms in total. The first-order valence-electron chi connectivity index (χ1n) is 11.1. The fourth-order valence-corrected chi connectivity index (χ4v) is 7.74. The van der Waals surface area contributed by atoms with Crippen LogP contribution >= 0.6 is 11.8 Å². The minimum Gasteiger partial charge on any atom is -0.466 e. The predicted molar refractivity (Wildman–Crippen MR) is 116 cm³/mol. The number of thioether (sulfide) groups is 1. The second-order valence-corrected chi connectivity index (χ2v) is 11.9. The van der Waals surface area contributed by atoms with Crippen molar-refractivity contribution in [2.24, 2.45) is 17.8 Å². The van der Waals surface area contributed by atoms with E-state index in [0.717, 1.165) is 6.42 Å². The fraction of sp³-hybridized carbons (Fsp3) is 0.864. The number of carbonyl (C=O) groups excluding carboxylic acids is 3. The zero-order valence-corrected chi connectivity index (χ0v) is 19.8. The smallest absolute Gasteiger partial charge is 0.310 e. The molecule has 0 aliphatic carbocycles. The van der Waals surface area contributed by atoms with Gasteiger partial charge in [-0.05, 0) is 52.9 Å². The molecule has 3 aliphatic heterocycles. The van der Waals surface area contributed by atoms with Crippen LogP contribution in [-0.4, -0.2) is 68.6 Å². The number of aliphatic hydroxyl groups is 1. The number of likely N-dealkylation sites (tertiary alicyclic amines) is 1. The molecular formula is C22H36N2O5S. The predicted octanol–water partition coefficient (Wildman–Crippen LogP) is 1.96. The third-order valence-corrected chi connectivity index (χ3v) is 8.34. The maximum absolute atomic E-state index is 13.8. The minimum atomic E-state index is -0.695. The summed E-state index contributed by atoms with van der Waals surface area (Å²) >= 11 is 1.62. The zero-order chi connectivity index (χ0) is 22.4. The van der Waals surface area contributed by atoms with E-state index in [1.807, 2.05) is 34.6 Å². The molecule has 3 aliphatic rings. The molecule has 3 saturated heterocycles. The highest BCUT2D eigenvalue weighted by atomic mass is 32.2. The summed E-state index contributed by atoms with van der Waals surface area (Å²) in [5.41, 5.74) is -0.449. The highest BCUT2D eigenvalue weighted by molar-refractivity contribution is 8.02. The lowest BCUT2D eigenvalue weighted by Gasteiger charge is -2.39. The molecule has 0 aromatic heterocycles. The van der Waals surface area contributed by atoms with E-state index in [1.165, 1.54) is 0 Å². The van der Waals surface area contributed by atoms with E-state index in [-0.39, 0.29) is 42.2 Å². The molecule has 170 valence electrons. The number of aliphatic hydroxyl groups excluding tert-OH is 1. The number of amides is 2. The van der Waals surface area contributed by atoms with Gasteiger partial charge >= 0.3 is 5.97 Å². The highest BCUT2D eigenvalue weighted by Gasteiger charge is 2.74. The number of ether oxygens (including phenoxy) is 1. The molecule has 2 unspecified atom stereocenters. The topological polar surface area (TPSA) is 95.9 Å². The molecular weight excluding hydrogens is 404 g/mol. The Labute approximate surface area is 183 Å². The number of nitrogens with one attached hydrogen (secondary N) is 1. The molecule has 2 N–H and O–H groups in total. The van der Waals surface area contributed by atoms with E-state index in [1.54, 1.807) is 23.6 Å². The average molecular weight is 441 g/mol. The lowest BCUT2D eigenvalue weighted by atomic mass is 9.71. The maximum Gasteiger partial charge on any atom is 0.310 e. The van der Waals surface area contributed by atoms with Crippen LogP contribution in [-0.2, 0) is 19.1 Å². The molecule has 1 spiro atoms. The molecule has 3 heterocycles. The molecule has 2 bridgehead atoms. The van der Waals surface area contributed by atoms with Gasteiger partial charge in [-0.25, -0.2) is 0 Å². The largest absolute Gasteiger partial charge is 0.466 e. The van der Waals surface area contributed by atoms with E-state index in [2.05, 4.69) is 5.32 Å². The van der Waals surface area contributed by atoms with Gasteiger partial charge in [0.15, 0.2) is 0 Å². The van der Waals surface area contributed by atoms with Crippen molar-refractivity contribution in [1.29, 1.82) is 0 Å². The molecule has 0 radical (unpaired) electrons. The molecule has 0 saturated carbocycles. The number of hydrogen-bond donors (Lipinski definition) is 2. The van der Waals surface area contributed by atoms with Crippen molar-refractivity contribution < 1.29 is 24.2 Å². The minimum absolute atomic E-state index is 0.00256. The van der Waals surface area contributed by atoms with Gasteiger partial charge in [0.1, 0.15) is 6.04 Å². The van der Waals surface area contributed by atoms with Gasteiger partial charge in [0.2, 0.25) is 11.8 Å². The monoisotopic (exact) mass is 440 g/mol. The summed E-state index contributed by atoms with van der Waals surface area (Å²) in [4.78, 5) is 41.7. The summed E-state index contributed by atoms with van der Waals surface area (Å²) < 4.78 is 4.68. The van der Waals surface area contributed by atoms with Crippen LogP contribution in [0.4, 0.5) is 0 Å². The quantitative estimate of drug-likeness (QED) is 0.588. The lowest BCUT2D eigenvalue weighted by molar-refractivity contribution is -0.154. The number of esters is 1. The zero-order valence-electron chi connectivity index (χ0n) is 18.9. The Morgan fingerprint density at radius 2 is 2.03 bits per heavy atom. The normalized spacial score (nSPS) is 33.7. The standard InChI is InChI=1S/C22H36N2O5S/c1-7-29-20(28)15-14-8-9-22(30-14)16(15)19(27)24(13(11-25)10-12(2)3)17(22)18(26)23-21(4,5)6/h12-17,25H,7-11H2,1-6H3,(H,23,26)/t13-,14+,15-,16+,17?,22?/m1/s1. The summed E-state index contributed by atoms with van der Waals surface area (Å²) in [6, 6.07) is -1.14. The molecule has 0 aromatic carbocycles. The van der Waals surface area contributed by atoms with E-state index in [0.29, 0.717) is 12.8 Å². The van der Waals surface area contributed by atoms with Crippen molar-refractivity contribution in [3.8, 4) is 0 Å². The van der Waals surface area contributed by atoms with Gasteiger partial charge in [0.25, 0.3) is 0 Å². The number of rotatable bonds is 7. The Bertz CT molecular complexity index is 706. The first-order chi connectivity index (χ1) is 14.0. The number of carbonyl (C=O) groups is 3. The van der Waals surface area contributed by atoms with Crippen LogP contribution in [0.3, 0.4) is 0 Å². The van der Waals surface area contributed by atoms with Crippen molar-refractivity contribution in [3.05, 3.63) is 0 Å². The third-order valence-electron chi connectivity index (χ3n) is 6.39. The van der Waals surface area contributed by atoms with Crippen LogP contribution in [0.15, 0.2) is 0 Å². The fourth-order valence-electron chi connectivity index (χ4n) is 5.55. The molecule has 8 heteroatoms. The van der Waals surface area contributed by atoms with Gasteiger partial charge in [-0.1, -0.05) is 13.8 Å². The number of fused-ring (bicyclic) bond motifs is 1. The van der Waals surface area contributed by atoms with Crippen molar-refractivity contribution in [1.82, 2.24) is 10.2 Å². The van der Waals surface area contributed by atoms with Crippen LogP contribution in [0.2, 0.25) is 0 Å². The van der Waals surface area contributed by atoms with Crippen LogP contribution in [0.1, 0.15) is 60.8 Å². The van der Waals surface area contributed by atoms with E-state index < -0.39 is 34.2 Å². The van der Waals surface area contributed by atoms with Gasteiger partial charge in [-0.2, -0.15) is 0 Å². The van der Waals surface area contributed by atoms with E-state index in [9.17, 15) is 19.5 Å². The highest BCUT2D eigenvalue weighted by Crippen LogP contribution is 2.66. The summed E-state index contributed by atoms with van der Waals surface area (Å²) in [5, 5.41) is 13.2. The second kappa shape index (κ2) is 8.34. The van der Waals surface area contributed by atoms with Gasteiger partial charge in [0.05, 0.1) is 35.8 Å². The lowest BCUT2D eigenvalue weighted by Crippen LogP contribution is -2.59. The van der Waals surface area contributed by atoms with Crippen molar-refractivity contribution in [2.45, 2.75) is 88.4 Å². The van der Waals surface area contributed by atoms with Crippen molar-refractivity contribution in [2.75, 3.05) is 13.2 Å². The van der Waals surface area contributed by atoms with Crippen LogP contribution in [0.5, 0.6) is 0 Å². The average Bonchev–Trinajstić information content (AvgIpc) is 3.25. The number of nitrogens with zero attached hydrogens (tertiary/aromatic N) is 1. The van der Waals surface area contributed by atoms with Gasteiger partial charge in [0, 0.05) is 10.8 Å². The molecule has 0 aromatic rings. The summed E-state index contributed by atoms with van der Waals surface area (Å²) in [6.07, 6.45) is 2.11. The molecule has 30 heavy (non-hydrogen) atoms. The summed E-state index contributed by atoms with van der Waals surface area (Å²) in [7, 11) is 0. The van der Waals surface area contributed by atoms with Crippen LogP contribution in [0.25, 0.3) is 0 Å². The molecule has 3 rings (SSSR count). The van der Waals surface area contributed by atoms with Gasteiger partial charge < -0.3 is 20.1 Å². The molecule has 3 fully saturated rings. The Balaban J connectivity index is 2.05. The maximum atomic E-state index is 13.8. The summed E-state index contributed by atoms with van der Waals surface area (Å²) in [5.74, 6) is -1.56.